The number of rotatable bonds is 9. The highest BCUT2D eigenvalue weighted by atomic mass is 32.2. The van der Waals surface area contributed by atoms with Crippen LogP contribution in [0.4, 0.5) is 5.13 Å². The van der Waals surface area contributed by atoms with Gasteiger partial charge < -0.3 is 18.6 Å². The molecule has 0 atom stereocenters. The summed E-state index contributed by atoms with van der Waals surface area (Å²) in [4.78, 5) is 12.4. The molecule has 0 radical (unpaired) electrons. The van der Waals surface area contributed by atoms with Crippen LogP contribution in [0.25, 0.3) is 0 Å². The van der Waals surface area contributed by atoms with E-state index in [4.69, 9.17) is 18.6 Å². The number of aromatic nitrogens is 2. The van der Waals surface area contributed by atoms with Crippen LogP contribution >= 0.6 is 23.1 Å². The van der Waals surface area contributed by atoms with Crippen LogP contribution < -0.4 is 19.5 Å². The molecule has 0 spiro atoms. The molecule has 3 rings (SSSR count). The van der Waals surface area contributed by atoms with Gasteiger partial charge >= 0.3 is 0 Å². The van der Waals surface area contributed by atoms with Crippen LogP contribution in [-0.2, 0) is 6.42 Å². The average molecular weight is 436 g/mol. The third-order valence-electron chi connectivity index (χ3n) is 3.95. The maximum absolute atomic E-state index is 12.4. The summed E-state index contributed by atoms with van der Waals surface area (Å²) in [5.74, 6) is 3.14. The lowest BCUT2D eigenvalue weighted by Gasteiger charge is -2.14. The van der Waals surface area contributed by atoms with Crippen molar-refractivity contribution in [1.29, 1.82) is 0 Å². The number of ether oxygens (including phenoxy) is 3. The molecule has 0 bridgehead atoms. The Morgan fingerprint density at radius 3 is 2.48 bits per heavy atom. The predicted octanol–water partition coefficient (Wildman–Crippen LogP) is 4.11. The highest BCUT2D eigenvalue weighted by Gasteiger charge is 2.18. The molecule has 10 heteroatoms. The molecule has 1 amide bonds. The van der Waals surface area contributed by atoms with Crippen molar-refractivity contribution in [3.05, 3.63) is 41.3 Å². The normalized spacial score (nSPS) is 10.6. The third-order valence-corrected chi connectivity index (χ3v) is 5.80. The molecule has 0 saturated carbocycles. The van der Waals surface area contributed by atoms with Gasteiger partial charge in [-0.25, -0.2) is 0 Å². The number of hydrogen-bond donors (Lipinski definition) is 1. The molecule has 0 aliphatic rings. The van der Waals surface area contributed by atoms with Gasteiger partial charge in [-0.05, 0) is 17.9 Å². The van der Waals surface area contributed by atoms with E-state index in [2.05, 4.69) is 15.5 Å². The van der Waals surface area contributed by atoms with Crippen molar-refractivity contribution in [2.45, 2.75) is 17.7 Å². The van der Waals surface area contributed by atoms with Crippen LogP contribution in [0.2, 0.25) is 0 Å². The first-order valence-electron chi connectivity index (χ1n) is 8.73. The summed E-state index contributed by atoms with van der Waals surface area (Å²) in [6.45, 7) is 2.03. The molecule has 0 saturated heterocycles. The van der Waals surface area contributed by atoms with Crippen LogP contribution in [0.1, 0.15) is 28.8 Å². The topological polar surface area (TPSA) is 95.7 Å². The monoisotopic (exact) mass is 435 g/mol. The van der Waals surface area contributed by atoms with Gasteiger partial charge in [-0.1, -0.05) is 30.0 Å². The van der Waals surface area contributed by atoms with E-state index in [0.717, 1.165) is 15.7 Å². The van der Waals surface area contributed by atoms with E-state index in [0.29, 0.717) is 34.6 Å². The van der Waals surface area contributed by atoms with E-state index in [9.17, 15) is 4.79 Å². The molecular formula is C19H21N3O5S2. The Morgan fingerprint density at radius 1 is 1.14 bits per heavy atom. The van der Waals surface area contributed by atoms with Crippen LogP contribution in [0.3, 0.4) is 0 Å². The summed E-state index contributed by atoms with van der Waals surface area (Å²) in [5, 5.41) is 11.1. The number of carbonyl (C=O) groups excluding carboxylic acids is 1. The molecule has 0 fully saturated rings. The van der Waals surface area contributed by atoms with Crippen LogP contribution in [0.15, 0.2) is 33.0 Å². The lowest BCUT2D eigenvalue weighted by Crippen LogP contribution is -2.10. The molecule has 0 aliphatic heterocycles. The van der Waals surface area contributed by atoms with E-state index < -0.39 is 0 Å². The van der Waals surface area contributed by atoms with Gasteiger partial charge in [0.25, 0.3) is 5.91 Å². The summed E-state index contributed by atoms with van der Waals surface area (Å²) < 4.78 is 22.7. The Balaban J connectivity index is 1.75. The first-order valence-corrected chi connectivity index (χ1v) is 10.5. The molecule has 0 aliphatic carbocycles. The second-order valence-corrected chi connectivity index (χ2v) is 8.20. The first kappa shape index (κ1) is 21.0. The predicted molar refractivity (Wildman–Crippen MR) is 112 cm³/mol. The van der Waals surface area contributed by atoms with Gasteiger partial charge in [0.2, 0.25) is 5.13 Å². The summed E-state index contributed by atoms with van der Waals surface area (Å²) in [6.07, 6.45) is 0.389. The molecule has 3 aromatic rings. The molecule has 29 heavy (non-hydrogen) atoms. The molecule has 8 nitrogen and oxygen atoms in total. The quantitative estimate of drug-likeness (QED) is 0.396. The first-order chi connectivity index (χ1) is 14.1. The van der Waals surface area contributed by atoms with Gasteiger partial charge in [-0.2, -0.15) is 0 Å². The van der Waals surface area contributed by atoms with Gasteiger partial charge in [0.05, 0.1) is 21.3 Å². The lowest BCUT2D eigenvalue weighted by atomic mass is 10.1. The van der Waals surface area contributed by atoms with Gasteiger partial charge in [0.1, 0.15) is 23.0 Å². The molecule has 1 N–H and O–H groups in total. The fourth-order valence-corrected chi connectivity index (χ4v) is 4.27. The molecule has 1 aromatic carbocycles. The largest absolute Gasteiger partial charge is 0.496 e. The van der Waals surface area contributed by atoms with Crippen LogP contribution in [-0.4, -0.2) is 43.2 Å². The Morgan fingerprint density at radius 2 is 1.86 bits per heavy atom. The average Bonchev–Trinajstić information content (AvgIpc) is 3.38. The number of carbonyl (C=O) groups is 1. The maximum atomic E-state index is 12.4. The zero-order valence-corrected chi connectivity index (χ0v) is 18.1. The summed E-state index contributed by atoms with van der Waals surface area (Å²) in [7, 11) is 4.73. The van der Waals surface area contributed by atoms with E-state index in [1.807, 2.05) is 6.92 Å². The van der Waals surface area contributed by atoms with Gasteiger partial charge in [0, 0.05) is 24.1 Å². The number of thioether (sulfide) groups is 1. The maximum Gasteiger partial charge on any atom is 0.293 e. The molecule has 0 unspecified atom stereocenters. The fourth-order valence-electron chi connectivity index (χ4n) is 2.62. The van der Waals surface area contributed by atoms with Crippen molar-refractivity contribution in [3.8, 4) is 17.2 Å². The molecule has 2 heterocycles. The van der Waals surface area contributed by atoms with E-state index >= 15 is 0 Å². The smallest absolute Gasteiger partial charge is 0.293 e. The number of nitrogens with one attached hydrogen (secondary N) is 1. The van der Waals surface area contributed by atoms with Crippen LogP contribution in [0, 0.1) is 0 Å². The fraction of sp³-hybridized carbons (Fsp3) is 0.316. The standard InChI is InChI=1S/C19H21N3O5S2/c1-5-28-19-22-21-18(29-19)20-17(23)14-7-6-11(27-14)8-13-15(25-3)9-12(24-2)10-16(13)26-4/h6-7,9-10H,5,8H2,1-4H3,(H,20,21,23). The minimum atomic E-state index is -0.380. The number of benzene rings is 1. The number of furan rings is 1. The lowest BCUT2D eigenvalue weighted by molar-refractivity contribution is 0.0995. The van der Waals surface area contributed by atoms with Crippen molar-refractivity contribution >= 4 is 34.1 Å². The number of anilines is 1. The third kappa shape index (κ3) is 5.01. The molecule has 2 aromatic heterocycles. The Labute approximate surface area is 176 Å². The molecular weight excluding hydrogens is 414 g/mol. The van der Waals surface area contributed by atoms with E-state index in [1.165, 1.54) is 11.3 Å². The summed E-state index contributed by atoms with van der Waals surface area (Å²) >= 11 is 2.90. The summed E-state index contributed by atoms with van der Waals surface area (Å²) in [5.41, 5.74) is 0.794. The Kier molecular flexibility index (Phi) is 6.99. The second-order valence-electron chi connectivity index (χ2n) is 5.71. The van der Waals surface area contributed by atoms with E-state index in [-0.39, 0.29) is 11.7 Å². The zero-order chi connectivity index (χ0) is 20.8. The number of methoxy groups -OCH3 is 3. The Bertz CT molecular complexity index is 961. The highest BCUT2D eigenvalue weighted by molar-refractivity contribution is 8.01. The SMILES string of the molecule is CCSc1nnc(NC(=O)c2ccc(Cc3c(OC)cc(OC)cc3OC)o2)s1. The second kappa shape index (κ2) is 9.66. The minimum absolute atomic E-state index is 0.186. The molecule has 154 valence electrons. The zero-order valence-electron chi connectivity index (χ0n) is 16.5. The van der Waals surface area contributed by atoms with Gasteiger partial charge in [0.15, 0.2) is 10.1 Å². The number of amides is 1. The van der Waals surface area contributed by atoms with Crippen molar-refractivity contribution < 1.29 is 23.4 Å². The van der Waals surface area contributed by atoms with Crippen molar-refractivity contribution in [3.63, 3.8) is 0 Å². The highest BCUT2D eigenvalue weighted by Crippen LogP contribution is 2.36. The van der Waals surface area contributed by atoms with Crippen molar-refractivity contribution in [1.82, 2.24) is 10.2 Å². The van der Waals surface area contributed by atoms with Crippen molar-refractivity contribution in [2.75, 3.05) is 32.4 Å². The number of hydrogen-bond acceptors (Lipinski definition) is 9. The minimum Gasteiger partial charge on any atom is -0.496 e. The van der Waals surface area contributed by atoms with Crippen LogP contribution in [0.5, 0.6) is 17.2 Å². The number of nitrogens with zero attached hydrogens (tertiary/aromatic N) is 2. The van der Waals surface area contributed by atoms with Gasteiger partial charge in [-0.15, -0.1) is 10.2 Å². The van der Waals surface area contributed by atoms with Gasteiger partial charge in [-0.3, -0.25) is 10.1 Å². The Hall–Kier alpha value is -2.72. The summed E-state index contributed by atoms with van der Waals surface area (Å²) in [6, 6.07) is 6.91. The van der Waals surface area contributed by atoms with E-state index in [1.54, 1.807) is 57.4 Å². The van der Waals surface area contributed by atoms with Crippen molar-refractivity contribution in [2.24, 2.45) is 0 Å².